The first kappa shape index (κ1) is 18.9. The molecule has 1 aliphatic rings. The molecule has 0 radical (unpaired) electrons. The van der Waals surface area contributed by atoms with Gasteiger partial charge in [0.1, 0.15) is 10.8 Å². The molecule has 1 aliphatic heterocycles. The average Bonchev–Trinajstić information content (AvgIpc) is 3.16. The molecule has 0 saturated carbocycles. The van der Waals surface area contributed by atoms with Crippen molar-refractivity contribution >= 4 is 32.8 Å². The Morgan fingerprint density at radius 2 is 2.00 bits per heavy atom. The molecule has 29 heavy (non-hydrogen) atoms. The van der Waals surface area contributed by atoms with Gasteiger partial charge in [0, 0.05) is 16.8 Å². The highest BCUT2D eigenvalue weighted by Crippen LogP contribution is 2.46. The molecule has 2 heterocycles. The third-order valence-electron chi connectivity index (χ3n) is 5.15. The van der Waals surface area contributed by atoms with Crippen LogP contribution in [0.1, 0.15) is 35.9 Å². The third-order valence-corrected chi connectivity index (χ3v) is 6.22. The van der Waals surface area contributed by atoms with Gasteiger partial charge in [0.25, 0.3) is 6.04 Å². The van der Waals surface area contributed by atoms with Crippen LogP contribution in [-0.2, 0) is 0 Å². The number of aromatic nitrogens is 1. The summed E-state index contributed by atoms with van der Waals surface area (Å²) in [4.78, 5) is 13.4. The van der Waals surface area contributed by atoms with Gasteiger partial charge in [-0.1, -0.05) is 18.2 Å². The molecule has 1 aromatic heterocycles. The summed E-state index contributed by atoms with van der Waals surface area (Å²) in [6, 6.07) is 15.1. The summed E-state index contributed by atoms with van der Waals surface area (Å²) in [5.74, 6) is 0.331. The highest BCUT2D eigenvalue weighted by molar-refractivity contribution is 7.19. The average molecular weight is 398 g/mol. The number of nitrogens with zero attached hydrogens (tertiary/aromatic N) is 4. The predicted octanol–water partition coefficient (Wildman–Crippen LogP) is 5.45. The van der Waals surface area contributed by atoms with Gasteiger partial charge >= 0.3 is 0 Å². The van der Waals surface area contributed by atoms with Crippen LogP contribution in [0, 0.1) is 17.9 Å². The van der Waals surface area contributed by atoms with E-state index >= 15 is 0 Å². The quantitative estimate of drug-likeness (QED) is 0.551. The van der Waals surface area contributed by atoms with E-state index in [0.717, 1.165) is 37.8 Å². The van der Waals surface area contributed by atoms with E-state index in [1.807, 2.05) is 44.2 Å². The maximum atomic E-state index is 9.26. The Kier molecular flexibility index (Phi) is 4.88. The number of fused-ring (bicyclic) bond motifs is 1. The molecule has 0 N–H and O–H groups in total. The molecule has 6 heteroatoms. The van der Waals surface area contributed by atoms with E-state index < -0.39 is 6.04 Å². The lowest BCUT2D eigenvalue weighted by Crippen LogP contribution is -2.28. The lowest BCUT2D eigenvalue weighted by molar-refractivity contribution is 0.408. The molecule has 0 aliphatic carbocycles. The molecule has 0 saturated heterocycles. The Hall–Kier alpha value is -3.48. The summed E-state index contributed by atoms with van der Waals surface area (Å²) in [5.41, 5.74) is 4.91. The zero-order valence-corrected chi connectivity index (χ0v) is 17.1. The minimum absolute atomic E-state index is 0.270. The molecule has 5 nitrogen and oxygen atoms in total. The van der Waals surface area contributed by atoms with Crippen LogP contribution in [0.4, 0.5) is 0 Å². The number of aliphatic imine (C=N–C) groups is 1. The van der Waals surface area contributed by atoms with Crippen molar-refractivity contribution in [1.82, 2.24) is 4.98 Å². The van der Waals surface area contributed by atoms with Crippen molar-refractivity contribution in [3.05, 3.63) is 75.7 Å². The molecule has 0 bridgehead atoms. The van der Waals surface area contributed by atoms with E-state index in [-0.39, 0.29) is 5.92 Å². The van der Waals surface area contributed by atoms with Crippen LogP contribution in [-0.4, -0.2) is 23.8 Å². The second kappa shape index (κ2) is 7.50. The molecule has 0 amide bonds. The van der Waals surface area contributed by atoms with Crippen molar-refractivity contribution in [2.75, 3.05) is 7.11 Å². The van der Waals surface area contributed by atoms with Crippen molar-refractivity contribution in [2.24, 2.45) is 4.99 Å². The number of hydrogen-bond donors (Lipinski definition) is 0. The van der Waals surface area contributed by atoms with Crippen molar-refractivity contribution in [3.63, 3.8) is 0 Å². The van der Waals surface area contributed by atoms with E-state index in [1.165, 1.54) is 0 Å². The van der Waals surface area contributed by atoms with Crippen LogP contribution in [0.15, 0.2) is 53.2 Å². The normalized spacial score (nSPS) is 18.9. The summed E-state index contributed by atoms with van der Waals surface area (Å²) >= 11 is 1.61. The van der Waals surface area contributed by atoms with Crippen LogP contribution in [0.25, 0.3) is 20.6 Å². The maximum Gasteiger partial charge on any atom is 0.272 e. The van der Waals surface area contributed by atoms with Crippen LogP contribution in [0.2, 0.25) is 0 Å². The van der Waals surface area contributed by atoms with E-state index in [0.29, 0.717) is 11.3 Å². The fourth-order valence-corrected chi connectivity index (χ4v) is 4.92. The molecule has 2 aromatic carbocycles. The van der Waals surface area contributed by atoms with Gasteiger partial charge in [0.05, 0.1) is 40.6 Å². The molecule has 2 unspecified atom stereocenters. The van der Waals surface area contributed by atoms with E-state index in [1.54, 1.807) is 30.6 Å². The second-order valence-corrected chi connectivity index (χ2v) is 7.89. The topological polar surface area (TPSA) is 62.6 Å². The van der Waals surface area contributed by atoms with E-state index in [2.05, 4.69) is 15.9 Å². The van der Waals surface area contributed by atoms with Crippen LogP contribution < -0.4 is 4.74 Å². The van der Waals surface area contributed by atoms with Gasteiger partial charge in [-0.25, -0.2) is 11.6 Å². The highest BCUT2D eigenvalue weighted by atomic mass is 32.1. The van der Waals surface area contributed by atoms with Gasteiger partial charge in [-0.15, -0.1) is 11.3 Å². The summed E-state index contributed by atoms with van der Waals surface area (Å²) in [5, 5.41) is 10.1. The minimum atomic E-state index is -0.456. The summed E-state index contributed by atoms with van der Waals surface area (Å²) < 4.78 is 6.71. The number of para-hydroxylation sites is 1. The van der Waals surface area contributed by atoms with E-state index in [9.17, 15) is 5.26 Å². The number of nitriles is 1. The Morgan fingerprint density at radius 3 is 2.69 bits per heavy atom. The van der Waals surface area contributed by atoms with E-state index in [4.69, 9.17) is 16.3 Å². The van der Waals surface area contributed by atoms with Gasteiger partial charge in [-0.05, 0) is 38.1 Å². The van der Waals surface area contributed by atoms with Gasteiger partial charge in [0.15, 0.2) is 0 Å². The van der Waals surface area contributed by atoms with Crippen molar-refractivity contribution in [3.8, 4) is 11.8 Å². The monoisotopic (exact) mass is 398 g/mol. The molecular weight excluding hydrogens is 380 g/mol. The largest absolute Gasteiger partial charge is 0.496 e. The Labute approximate surface area is 173 Å². The lowest BCUT2D eigenvalue weighted by atomic mass is 9.80. The first-order chi connectivity index (χ1) is 14.1. The number of hydrogen-bond acceptors (Lipinski definition) is 5. The fraction of sp³-hybridized carbons (Fsp3) is 0.217. The Morgan fingerprint density at radius 1 is 1.21 bits per heavy atom. The standard InChI is InChI=1S/C23H18N4OS/c1-13-20(23-27-17-7-5-6-8-19(17)29-23)21(22(25-3)14(2)26-13)16-10-9-15(12-24)11-18(16)28-4/h5-11,21-22H,1-2,4H3. The number of benzene rings is 2. The van der Waals surface area contributed by atoms with Gasteiger partial charge in [-0.2, -0.15) is 5.26 Å². The zero-order chi connectivity index (χ0) is 20.5. The Balaban J connectivity index is 1.97. The SMILES string of the molecule is [C-]#[N+]C1C(C)=NC(C)=C(c2nc3ccccc3s2)C1c1ccc(C#N)cc1OC. The zero-order valence-electron chi connectivity index (χ0n) is 16.3. The molecule has 0 spiro atoms. The first-order valence-corrected chi connectivity index (χ1v) is 9.95. The molecule has 0 fully saturated rings. The van der Waals surface area contributed by atoms with Crippen molar-refractivity contribution in [1.29, 1.82) is 5.26 Å². The van der Waals surface area contributed by atoms with Crippen molar-refractivity contribution < 1.29 is 4.74 Å². The number of ether oxygens (including phenoxy) is 1. The first-order valence-electron chi connectivity index (χ1n) is 9.14. The molecular formula is C23H18N4OS. The summed E-state index contributed by atoms with van der Waals surface area (Å²) in [6.07, 6.45) is 0. The summed E-state index contributed by atoms with van der Waals surface area (Å²) in [7, 11) is 1.59. The highest BCUT2D eigenvalue weighted by Gasteiger charge is 2.41. The maximum absolute atomic E-state index is 9.26. The molecule has 2 atom stereocenters. The number of rotatable bonds is 3. The minimum Gasteiger partial charge on any atom is -0.496 e. The molecule has 142 valence electrons. The van der Waals surface area contributed by atoms with Crippen LogP contribution in [0.3, 0.4) is 0 Å². The Bertz CT molecular complexity index is 1220. The molecule has 4 rings (SSSR count). The molecule has 3 aromatic rings. The smallest absolute Gasteiger partial charge is 0.272 e. The number of allylic oxidation sites excluding steroid dienone is 1. The van der Waals surface area contributed by atoms with Gasteiger partial charge in [0.2, 0.25) is 0 Å². The predicted molar refractivity (Wildman–Crippen MR) is 116 cm³/mol. The van der Waals surface area contributed by atoms with Crippen molar-refractivity contribution in [2.45, 2.75) is 25.8 Å². The fourth-order valence-electron chi connectivity index (χ4n) is 3.82. The number of methoxy groups -OCH3 is 1. The lowest BCUT2D eigenvalue weighted by Gasteiger charge is -2.27. The second-order valence-electron chi connectivity index (χ2n) is 6.86. The summed E-state index contributed by atoms with van der Waals surface area (Å²) in [6.45, 7) is 11.7. The van der Waals surface area contributed by atoms with Gasteiger partial charge in [-0.3, -0.25) is 4.99 Å². The van der Waals surface area contributed by atoms with Gasteiger partial charge < -0.3 is 9.58 Å². The van der Waals surface area contributed by atoms with Crippen LogP contribution in [0.5, 0.6) is 5.75 Å². The number of thiazole rings is 1. The third kappa shape index (κ3) is 3.18. The van der Waals surface area contributed by atoms with Crippen LogP contribution >= 0.6 is 11.3 Å².